The number of carbonyl (C=O) groups is 2. The molecule has 0 unspecified atom stereocenters. The first kappa shape index (κ1) is 18.5. The van der Waals surface area contributed by atoms with Crippen LogP contribution in [0, 0.1) is 6.92 Å². The first-order chi connectivity index (χ1) is 12.9. The number of hydrogen-bond donors (Lipinski definition) is 1. The second kappa shape index (κ2) is 7.53. The SMILES string of the molecule is CCOC(=O)c1cc2cc(CC(=O)c3c(C)cc(OC)cc3O)ccc2o1. The van der Waals surface area contributed by atoms with Crippen LogP contribution in [0.25, 0.3) is 11.0 Å². The van der Waals surface area contributed by atoms with Gasteiger partial charge in [-0.05, 0) is 49.2 Å². The zero-order valence-corrected chi connectivity index (χ0v) is 15.4. The van der Waals surface area contributed by atoms with Crippen LogP contribution in [0.3, 0.4) is 0 Å². The minimum Gasteiger partial charge on any atom is -0.507 e. The Labute approximate surface area is 156 Å². The third kappa shape index (κ3) is 3.79. The number of aryl methyl sites for hydroxylation is 1. The molecule has 3 aromatic rings. The Morgan fingerprint density at radius 2 is 1.93 bits per heavy atom. The summed E-state index contributed by atoms with van der Waals surface area (Å²) < 4.78 is 15.5. The van der Waals surface area contributed by atoms with Crippen molar-refractivity contribution < 1.29 is 28.6 Å². The minimum absolute atomic E-state index is 0.106. The number of Topliss-reactive ketones (excluding diaryl/α,β-unsaturated/α-hetero) is 1. The number of methoxy groups -OCH3 is 1. The molecule has 1 heterocycles. The van der Waals surface area contributed by atoms with Gasteiger partial charge in [0, 0.05) is 17.9 Å². The highest BCUT2D eigenvalue weighted by Gasteiger charge is 2.18. The van der Waals surface area contributed by atoms with Crippen LogP contribution in [0.1, 0.15) is 39.0 Å². The van der Waals surface area contributed by atoms with Gasteiger partial charge in [0.25, 0.3) is 0 Å². The van der Waals surface area contributed by atoms with Gasteiger partial charge in [0.05, 0.1) is 19.3 Å². The van der Waals surface area contributed by atoms with Crippen LogP contribution in [-0.2, 0) is 11.2 Å². The van der Waals surface area contributed by atoms with Crippen LogP contribution in [0.2, 0.25) is 0 Å². The summed E-state index contributed by atoms with van der Waals surface area (Å²) in [7, 11) is 1.50. The van der Waals surface area contributed by atoms with Gasteiger partial charge in [-0.3, -0.25) is 4.79 Å². The van der Waals surface area contributed by atoms with E-state index in [1.54, 1.807) is 44.2 Å². The van der Waals surface area contributed by atoms with E-state index in [-0.39, 0.29) is 35.9 Å². The molecule has 0 bridgehead atoms. The summed E-state index contributed by atoms with van der Waals surface area (Å²) >= 11 is 0. The largest absolute Gasteiger partial charge is 0.507 e. The maximum absolute atomic E-state index is 12.7. The number of phenols is 1. The predicted octanol–water partition coefficient (Wildman–Crippen LogP) is 4.06. The van der Waals surface area contributed by atoms with E-state index in [4.69, 9.17) is 13.9 Å². The van der Waals surface area contributed by atoms with Crippen LogP contribution in [0.15, 0.2) is 40.8 Å². The Kier molecular flexibility index (Phi) is 5.16. The molecular formula is C21H20O6. The third-order valence-corrected chi connectivity index (χ3v) is 4.22. The van der Waals surface area contributed by atoms with E-state index in [9.17, 15) is 14.7 Å². The topological polar surface area (TPSA) is 86.0 Å². The number of phenolic OH excluding ortho intramolecular Hbond substituents is 1. The number of carbonyl (C=O) groups excluding carboxylic acids is 2. The molecule has 140 valence electrons. The van der Waals surface area contributed by atoms with Gasteiger partial charge in [-0.25, -0.2) is 4.79 Å². The van der Waals surface area contributed by atoms with Crippen molar-refractivity contribution in [2.24, 2.45) is 0 Å². The van der Waals surface area contributed by atoms with Gasteiger partial charge in [0.15, 0.2) is 5.78 Å². The number of esters is 1. The van der Waals surface area contributed by atoms with Gasteiger partial charge in [-0.15, -0.1) is 0 Å². The molecule has 0 atom stereocenters. The molecule has 0 radical (unpaired) electrons. The molecule has 0 saturated carbocycles. The molecule has 0 saturated heterocycles. The Hall–Kier alpha value is -3.28. The number of rotatable bonds is 6. The summed E-state index contributed by atoms with van der Waals surface area (Å²) in [5.41, 5.74) is 2.21. The Balaban J connectivity index is 1.86. The molecule has 0 spiro atoms. The number of fused-ring (bicyclic) bond motifs is 1. The van der Waals surface area contributed by atoms with Gasteiger partial charge in [-0.1, -0.05) is 6.07 Å². The highest BCUT2D eigenvalue weighted by atomic mass is 16.5. The maximum atomic E-state index is 12.7. The quantitative estimate of drug-likeness (QED) is 0.522. The molecule has 0 aliphatic heterocycles. The predicted molar refractivity (Wildman–Crippen MR) is 99.6 cm³/mol. The van der Waals surface area contributed by atoms with E-state index < -0.39 is 5.97 Å². The fraction of sp³-hybridized carbons (Fsp3) is 0.238. The van der Waals surface area contributed by atoms with E-state index in [1.165, 1.54) is 13.2 Å². The van der Waals surface area contributed by atoms with E-state index in [0.717, 1.165) is 5.56 Å². The van der Waals surface area contributed by atoms with Crippen molar-refractivity contribution in [3.05, 3.63) is 58.8 Å². The number of hydrogen-bond acceptors (Lipinski definition) is 6. The standard InChI is InChI=1S/C21H20O6/c1-4-26-21(24)19-10-14-8-13(5-6-18(14)27-19)9-16(22)20-12(2)7-15(25-3)11-17(20)23/h5-8,10-11,23H,4,9H2,1-3H3. The molecule has 2 aromatic carbocycles. The molecule has 6 heteroatoms. The molecule has 1 aromatic heterocycles. The number of aromatic hydroxyl groups is 1. The monoisotopic (exact) mass is 368 g/mol. The van der Waals surface area contributed by atoms with Crippen LogP contribution in [0.5, 0.6) is 11.5 Å². The van der Waals surface area contributed by atoms with Crippen LogP contribution < -0.4 is 4.74 Å². The number of furan rings is 1. The smallest absolute Gasteiger partial charge is 0.374 e. The number of ketones is 1. The molecule has 0 aliphatic rings. The molecular weight excluding hydrogens is 348 g/mol. The summed E-state index contributed by atoms with van der Waals surface area (Å²) in [6.07, 6.45) is 0.108. The fourth-order valence-electron chi connectivity index (χ4n) is 3.00. The molecule has 0 aliphatic carbocycles. The van der Waals surface area contributed by atoms with Crippen molar-refractivity contribution in [2.75, 3.05) is 13.7 Å². The van der Waals surface area contributed by atoms with Crippen LogP contribution >= 0.6 is 0 Å². The normalized spacial score (nSPS) is 10.8. The molecule has 0 amide bonds. The zero-order chi connectivity index (χ0) is 19.6. The van der Waals surface area contributed by atoms with Crippen LogP contribution in [0.4, 0.5) is 0 Å². The van der Waals surface area contributed by atoms with Crippen molar-refractivity contribution in [1.82, 2.24) is 0 Å². The van der Waals surface area contributed by atoms with Crippen molar-refractivity contribution >= 4 is 22.7 Å². The Morgan fingerprint density at radius 3 is 2.59 bits per heavy atom. The van der Waals surface area contributed by atoms with Crippen LogP contribution in [-0.4, -0.2) is 30.6 Å². The van der Waals surface area contributed by atoms with Gasteiger partial charge in [0.1, 0.15) is 17.1 Å². The molecule has 0 fully saturated rings. The van der Waals surface area contributed by atoms with E-state index in [1.807, 2.05) is 0 Å². The lowest BCUT2D eigenvalue weighted by molar-refractivity contribution is 0.0492. The molecule has 3 rings (SSSR count). The molecule has 6 nitrogen and oxygen atoms in total. The highest BCUT2D eigenvalue weighted by Crippen LogP contribution is 2.29. The zero-order valence-electron chi connectivity index (χ0n) is 15.4. The van der Waals surface area contributed by atoms with Gasteiger partial charge >= 0.3 is 5.97 Å². The van der Waals surface area contributed by atoms with Gasteiger partial charge in [0.2, 0.25) is 5.76 Å². The van der Waals surface area contributed by atoms with Crippen molar-refractivity contribution in [2.45, 2.75) is 20.3 Å². The summed E-state index contributed by atoms with van der Waals surface area (Å²) in [6, 6.07) is 9.98. The Morgan fingerprint density at radius 1 is 1.15 bits per heavy atom. The fourth-order valence-corrected chi connectivity index (χ4v) is 3.00. The Bertz CT molecular complexity index is 992. The number of ether oxygens (including phenoxy) is 2. The minimum atomic E-state index is -0.523. The first-order valence-corrected chi connectivity index (χ1v) is 8.53. The number of benzene rings is 2. The van der Waals surface area contributed by atoms with Crippen molar-refractivity contribution in [1.29, 1.82) is 0 Å². The van der Waals surface area contributed by atoms with Crippen molar-refractivity contribution in [3.8, 4) is 11.5 Å². The van der Waals surface area contributed by atoms with E-state index >= 15 is 0 Å². The second-order valence-corrected chi connectivity index (χ2v) is 6.14. The summed E-state index contributed by atoms with van der Waals surface area (Å²) in [5, 5.41) is 10.9. The average Bonchev–Trinajstić information content (AvgIpc) is 3.04. The lowest BCUT2D eigenvalue weighted by atomic mass is 9.97. The maximum Gasteiger partial charge on any atom is 0.374 e. The van der Waals surface area contributed by atoms with Crippen molar-refractivity contribution in [3.63, 3.8) is 0 Å². The lowest BCUT2D eigenvalue weighted by Crippen LogP contribution is -2.06. The summed E-state index contributed by atoms with van der Waals surface area (Å²) in [4.78, 5) is 24.5. The van der Waals surface area contributed by atoms with Gasteiger partial charge < -0.3 is 19.0 Å². The van der Waals surface area contributed by atoms with Gasteiger partial charge in [-0.2, -0.15) is 0 Å². The lowest BCUT2D eigenvalue weighted by Gasteiger charge is -2.10. The average molecular weight is 368 g/mol. The molecule has 27 heavy (non-hydrogen) atoms. The first-order valence-electron chi connectivity index (χ1n) is 8.53. The molecule has 1 N–H and O–H groups in total. The third-order valence-electron chi connectivity index (χ3n) is 4.22. The summed E-state index contributed by atoms with van der Waals surface area (Å²) in [6.45, 7) is 3.74. The second-order valence-electron chi connectivity index (χ2n) is 6.14. The highest BCUT2D eigenvalue weighted by molar-refractivity contribution is 6.02. The van der Waals surface area contributed by atoms with E-state index in [2.05, 4.69) is 0 Å². The van der Waals surface area contributed by atoms with E-state index in [0.29, 0.717) is 22.3 Å². The summed E-state index contributed by atoms with van der Waals surface area (Å²) in [5.74, 6) is -0.219.